The van der Waals surface area contributed by atoms with Crippen LogP contribution in [0.25, 0.3) is 11.4 Å². The molecule has 17 heavy (non-hydrogen) atoms. The zero-order valence-electron chi connectivity index (χ0n) is 9.97. The van der Waals surface area contributed by atoms with Gasteiger partial charge in [-0.3, -0.25) is 0 Å². The van der Waals surface area contributed by atoms with E-state index in [-0.39, 0.29) is 0 Å². The molecule has 0 bridgehead atoms. The van der Waals surface area contributed by atoms with Gasteiger partial charge in [0.1, 0.15) is 0 Å². The van der Waals surface area contributed by atoms with E-state index in [0.717, 1.165) is 11.3 Å². The predicted octanol–water partition coefficient (Wildman–Crippen LogP) is 1.92. The number of hydrogen-bond acceptors (Lipinski definition) is 4. The number of nitrogens with two attached hydrogens (primary N) is 1. The van der Waals surface area contributed by atoms with Gasteiger partial charge >= 0.3 is 0 Å². The summed E-state index contributed by atoms with van der Waals surface area (Å²) in [4.78, 5) is 8.69. The van der Waals surface area contributed by atoms with E-state index in [1.54, 1.807) is 13.2 Å². The van der Waals surface area contributed by atoms with Crippen LogP contribution in [-0.2, 0) is 6.54 Å². The molecule has 2 aromatic rings. The van der Waals surface area contributed by atoms with Crippen molar-refractivity contribution in [1.29, 1.82) is 0 Å². The van der Waals surface area contributed by atoms with Crippen molar-refractivity contribution >= 4 is 0 Å². The molecule has 0 unspecified atom stereocenters. The number of aromatic nitrogens is 2. The standard InChI is InChI=1S/C13H15N3O/c1-9-3-5-10(6-4-9)13-15-11(8-14)7-12(16-13)17-2/h3-7H,8,14H2,1-2H3. The lowest BCUT2D eigenvalue weighted by molar-refractivity contribution is 0.396. The molecular weight excluding hydrogens is 214 g/mol. The quantitative estimate of drug-likeness (QED) is 0.873. The van der Waals surface area contributed by atoms with E-state index in [2.05, 4.69) is 9.97 Å². The third-order valence-corrected chi connectivity index (χ3v) is 2.48. The van der Waals surface area contributed by atoms with Gasteiger partial charge in [0.15, 0.2) is 5.82 Å². The average Bonchev–Trinajstić information content (AvgIpc) is 2.39. The molecule has 0 aliphatic heterocycles. The van der Waals surface area contributed by atoms with Crippen LogP contribution >= 0.6 is 0 Å². The number of hydrogen-bond donors (Lipinski definition) is 1. The Morgan fingerprint density at radius 2 is 1.88 bits per heavy atom. The molecule has 1 heterocycles. The topological polar surface area (TPSA) is 61.0 Å². The van der Waals surface area contributed by atoms with Crippen LogP contribution in [0.2, 0.25) is 0 Å². The molecule has 0 aliphatic rings. The van der Waals surface area contributed by atoms with Crippen LogP contribution in [0, 0.1) is 6.92 Å². The van der Waals surface area contributed by atoms with E-state index in [4.69, 9.17) is 10.5 Å². The Morgan fingerprint density at radius 1 is 1.18 bits per heavy atom. The fourth-order valence-corrected chi connectivity index (χ4v) is 1.51. The van der Waals surface area contributed by atoms with Crippen LogP contribution in [0.1, 0.15) is 11.3 Å². The average molecular weight is 229 g/mol. The Kier molecular flexibility index (Phi) is 3.35. The maximum absolute atomic E-state index is 5.60. The molecule has 0 saturated heterocycles. The van der Waals surface area contributed by atoms with E-state index >= 15 is 0 Å². The summed E-state index contributed by atoms with van der Waals surface area (Å²) in [5.74, 6) is 1.18. The first-order chi connectivity index (χ1) is 8.22. The molecule has 0 spiro atoms. The van der Waals surface area contributed by atoms with E-state index < -0.39 is 0 Å². The number of ether oxygens (including phenoxy) is 1. The highest BCUT2D eigenvalue weighted by Crippen LogP contribution is 2.19. The van der Waals surface area contributed by atoms with Gasteiger partial charge in [-0.1, -0.05) is 29.8 Å². The van der Waals surface area contributed by atoms with E-state index in [1.807, 2.05) is 31.2 Å². The van der Waals surface area contributed by atoms with Crippen molar-refractivity contribution in [2.45, 2.75) is 13.5 Å². The second kappa shape index (κ2) is 4.93. The first-order valence-corrected chi connectivity index (χ1v) is 5.42. The first kappa shape index (κ1) is 11.5. The van der Waals surface area contributed by atoms with Gasteiger partial charge in [0.05, 0.1) is 12.8 Å². The second-order valence-corrected chi connectivity index (χ2v) is 3.80. The highest BCUT2D eigenvalue weighted by atomic mass is 16.5. The number of rotatable bonds is 3. The Balaban J connectivity index is 2.46. The summed E-state index contributed by atoms with van der Waals surface area (Å²) >= 11 is 0. The van der Waals surface area contributed by atoms with Gasteiger partial charge in [0.2, 0.25) is 5.88 Å². The summed E-state index contributed by atoms with van der Waals surface area (Å²) in [5.41, 5.74) is 8.54. The van der Waals surface area contributed by atoms with Gasteiger partial charge in [-0.25, -0.2) is 4.98 Å². The maximum Gasteiger partial charge on any atom is 0.216 e. The van der Waals surface area contributed by atoms with Crippen LogP contribution < -0.4 is 10.5 Å². The Hall–Kier alpha value is -1.94. The molecule has 0 saturated carbocycles. The molecule has 0 amide bonds. The minimum Gasteiger partial charge on any atom is -0.481 e. The Morgan fingerprint density at radius 3 is 2.47 bits per heavy atom. The summed E-state index contributed by atoms with van der Waals surface area (Å²) < 4.78 is 5.14. The molecule has 0 fully saturated rings. The molecular formula is C13H15N3O. The van der Waals surface area contributed by atoms with Gasteiger partial charge in [0.25, 0.3) is 0 Å². The summed E-state index contributed by atoms with van der Waals surface area (Å²) in [6.07, 6.45) is 0. The van der Waals surface area contributed by atoms with Crippen LogP contribution in [0.5, 0.6) is 5.88 Å². The lowest BCUT2D eigenvalue weighted by Crippen LogP contribution is -2.03. The third-order valence-electron chi connectivity index (χ3n) is 2.48. The zero-order chi connectivity index (χ0) is 12.3. The van der Waals surface area contributed by atoms with Crippen LogP contribution in [0.4, 0.5) is 0 Å². The van der Waals surface area contributed by atoms with Crippen LogP contribution in [0.15, 0.2) is 30.3 Å². The highest BCUT2D eigenvalue weighted by molar-refractivity contribution is 5.56. The number of benzene rings is 1. The van der Waals surface area contributed by atoms with Gasteiger partial charge in [-0.2, -0.15) is 4.98 Å². The van der Waals surface area contributed by atoms with Crippen molar-refractivity contribution < 1.29 is 4.74 Å². The molecule has 0 atom stereocenters. The molecule has 1 aromatic heterocycles. The fourth-order valence-electron chi connectivity index (χ4n) is 1.51. The fraction of sp³-hybridized carbons (Fsp3) is 0.231. The summed E-state index contributed by atoms with van der Waals surface area (Å²) in [7, 11) is 1.58. The third kappa shape index (κ3) is 2.60. The van der Waals surface area contributed by atoms with Crippen molar-refractivity contribution in [3.05, 3.63) is 41.6 Å². The normalized spacial score (nSPS) is 10.3. The summed E-state index contributed by atoms with van der Waals surface area (Å²) in [6, 6.07) is 9.78. The summed E-state index contributed by atoms with van der Waals surface area (Å²) in [6.45, 7) is 2.42. The minimum absolute atomic E-state index is 0.373. The van der Waals surface area contributed by atoms with Crippen LogP contribution in [0.3, 0.4) is 0 Å². The second-order valence-electron chi connectivity index (χ2n) is 3.80. The largest absolute Gasteiger partial charge is 0.481 e. The van der Waals surface area contributed by atoms with Crippen molar-refractivity contribution in [3.8, 4) is 17.3 Å². The molecule has 1 aromatic carbocycles. The molecule has 0 aliphatic carbocycles. The van der Waals surface area contributed by atoms with Gasteiger partial charge in [-0.05, 0) is 6.92 Å². The Labute approximate surface area is 100 Å². The maximum atomic E-state index is 5.60. The van der Waals surface area contributed by atoms with Crippen LogP contribution in [-0.4, -0.2) is 17.1 Å². The smallest absolute Gasteiger partial charge is 0.216 e. The Bertz CT molecular complexity index is 486. The number of nitrogens with zero attached hydrogens (tertiary/aromatic N) is 2. The molecule has 0 radical (unpaired) electrons. The molecule has 2 rings (SSSR count). The van der Waals surface area contributed by atoms with Crippen molar-refractivity contribution in [1.82, 2.24) is 9.97 Å². The molecule has 4 heteroatoms. The van der Waals surface area contributed by atoms with E-state index in [9.17, 15) is 0 Å². The van der Waals surface area contributed by atoms with E-state index in [1.165, 1.54) is 5.56 Å². The lowest BCUT2D eigenvalue weighted by atomic mass is 10.1. The van der Waals surface area contributed by atoms with Crippen molar-refractivity contribution in [3.63, 3.8) is 0 Å². The molecule has 4 nitrogen and oxygen atoms in total. The first-order valence-electron chi connectivity index (χ1n) is 5.42. The van der Waals surface area contributed by atoms with Crippen molar-refractivity contribution in [2.75, 3.05) is 7.11 Å². The highest BCUT2D eigenvalue weighted by Gasteiger charge is 2.06. The van der Waals surface area contributed by atoms with Gasteiger partial charge in [-0.15, -0.1) is 0 Å². The number of methoxy groups -OCH3 is 1. The number of aryl methyl sites for hydroxylation is 1. The molecule has 88 valence electrons. The summed E-state index contributed by atoms with van der Waals surface area (Å²) in [5, 5.41) is 0. The SMILES string of the molecule is COc1cc(CN)nc(-c2ccc(C)cc2)n1. The van der Waals surface area contributed by atoms with E-state index in [0.29, 0.717) is 18.2 Å². The lowest BCUT2D eigenvalue weighted by Gasteiger charge is -2.06. The predicted molar refractivity (Wildman–Crippen MR) is 66.6 cm³/mol. The molecule has 2 N–H and O–H groups in total. The monoisotopic (exact) mass is 229 g/mol. The van der Waals surface area contributed by atoms with Crippen molar-refractivity contribution in [2.24, 2.45) is 5.73 Å². The zero-order valence-corrected chi connectivity index (χ0v) is 9.97. The minimum atomic E-state index is 0.373. The van der Waals surface area contributed by atoms with Gasteiger partial charge in [0, 0.05) is 18.2 Å². The van der Waals surface area contributed by atoms with Gasteiger partial charge < -0.3 is 10.5 Å².